The van der Waals surface area contributed by atoms with Crippen molar-refractivity contribution in [2.75, 3.05) is 18.4 Å². The second-order valence-corrected chi connectivity index (χ2v) is 6.02. The lowest BCUT2D eigenvalue weighted by Gasteiger charge is -2.31. The van der Waals surface area contributed by atoms with Gasteiger partial charge in [-0.25, -0.2) is 14.7 Å². The van der Waals surface area contributed by atoms with Crippen molar-refractivity contribution in [3.8, 4) is 0 Å². The van der Waals surface area contributed by atoms with Crippen LogP contribution in [0.15, 0.2) is 9.32 Å². The van der Waals surface area contributed by atoms with Gasteiger partial charge < -0.3 is 14.7 Å². The lowest BCUT2D eigenvalue weighted by molar-refractivity contribution is 0.192. The molecule has 1 saturated heterocycles. The van der Waals surface area contributed by atoms with Gasteiger partial charge in [-0.3, -0.25) is 4.57 Å². The number of aromatic amines is 1. The lowest BCUT2D eigenvalue weighted by atomic mass is 9.96. The molecule has 0 saturated carbocycles. The van der Waals surface area contributed by atoms with Crippen LogP contribution in [0.2, 0.25) is 0 Å². The van der Waals surface area contributed by atoms with Gasteiger partial charge in [-0.2, -0.15) is 5.10 Å². The maximum atomic E-state index is 12.4. The minimum Gasteiger partial charge on any atom is -0.359 e. The molecule has 0 bridgehead atoms. The minimum atomic E-state index is -0.175. The number of aromatic nitrogens is 4. The van der Waals surface area contributed by atoms with E-state index in [1.807, 2.05) is 6.92 Å². The van der Waals surface area contributed by atoms with E-state index in [1.54, 1.807) is 23.3 Å². The summed E-state index contributed by atoms with van der Waals surface area (Å²) < 4.78 is 6.72. The van der Waals surface area contributed by atoms with Crippen LogP contribution < -0.4 is 11.0 Å². The van der Waals surface area contributed by atoms with Crippen molar-refractivity contribution < 1.29 is 9.32 Å². The van der Waals surface area contributed by atoms with E-state index < -0.39 is 0 Å². The first-order valence-corrected chi connectivity index (χ1v) is 8.15. The number of aryl methyl sites for hydroxylation is 2. The van der Waals surface area contributed by atoms with Gasteiger partial charge in [0.1, 0.15) is 17.2 Å². The summed E-state index contributed by atoms with van der Waals surface area (Å²) in [4.78, 5) is 25.9. The molecule has 2 aromatic heterocycles. The molecule has 2 amide bonds. The Hall–Kier alpha value is -2.58. The summed E-state index contributed by atoms with van der Waals surface area (Å²) in [5.74, 6) is 1.57. The van der Waals surface area contributed by atoms with E-state index in [-0.39, 0.29) is 17.6 Å². The molecule has 0 unspecified atom stereocenters. The van der Waals surface area contributed by atoms with Crippen molar-refractivity contribution in [1.29, 1.82) is 0 Å². The number of likely N-dealkylation sites (tertiary alicyclic amines) is 1. The fourth-order valence-electron chi connectivity index (χ4n) is 3.14. The zero-order valence-electron chi connectivity index (χ0n) is 14.1. The molecule has 1 aliphatic rings. The Bertz CT molecular complexity index is 762. The molecule has 2 aromatic rings. The van der Waals surface area contributed by atoms with E-state index in [0.717, 1.165) is 18.7 Å². The number of nitrogens with zero attached hydrogens (tertiary/aromatic N) is 4. The number of piperidine rings is 1. The highest BCUT2D eigenvalue weighted by Crippen LogP contribution is 2.27. The zero-order valence-corrected chi connectivity index (χ0v) is 14.1. The third-order valence-corrected chi connectivity index (χ3v) is 4.52. The first-order valence-electron chi connectivity index (χ1n) is 8.15. The van der Waals surface area contributed by atoms with Gasteiger partial charge >= 0.3 is 11.7 Å². The predicted octanol–water partition coefficient (Wildman–Crippen LogP) is 1.61. The molecule has 3 rings (SSSR count). The van der Waals surface area contributed by atoms with Gasteiger partial charge in [-0.15, -0.1) is 0 Å². The van der Waals surface area contributed by atoms with Gasteiger partial charge in [0.25, 0.3) is 0 Å². The molecule has 1 fully saturated rings. The van der Waals surface area contributed by atoms with Gasteiger partial charge in [0.2, 0.25) is 0 Å². The van der Waals surface area contributed by atoms with Crippen LogP contribution in [0.3, 0.4) is 0 Å². The Morgan fingerprint density at radius 3 is 2.67 bits per heavy atom. The Morgan fingerprint density at radius 2 is 2.08 bits per heavy atom. The van der Waals surface area contributed by atoms with E-state index >= 15 is 0 Å². The van der Waals surface area contributed by atoms with Crippen LogP contribution in [0.4, 0.5) is 10.5 Å². The second kappa shape index (κ2) is 6.50. The Morgan fingerprint density at radius 1 is 1.38 bits per heavy atom. The average Bonchev–Trinajstić information content (AvgIpc) is 3.11. The Kier molecular flexibility index (Phi) is 4.41. The number of hydrogen-bond donors (Lipinski definition) is 2. The molecule has 0 atom stereocenters. The number of amides is 2. The van der Waals surface area contributed by atoms with Gasteiger partial charge in [-0.05, 0) is 33.6 Å². The molecule has 3 heterocycles. The standard InChI is InChI=1S/C15H22N6O3/c1-4-21-13(17-18-15(21)23)11-5-7-20(8-6-11)14(22)16-12-9(2)19-24-10(12)3/h11H,4-8H2,1-3H3,(H,16,22)(H,18,23). The molecular weight excluding hydrogens is 312 g/mol. The summed E-state index contributed by atoms with van der Waals surface area (Å²) in [5, 5.41) is 13.4. The van der Waals surface area contributed by atoms with Crippen LogP contribution in [-0.2, 0) is 6.54 Å². The topological polar surface area (TPSA) is 109 Å². The first-order chi connectivity index (χ1) is 11.5. The number of hydrogen-bond acceptors (Lipinski definition) is 5. The van der Waals surface area contributed by atoms with Crippen LogP contribution in [0.25, 0.3) is 0 Å². The SMILES string of the molecule is CCn1c(C2CCN(C(=O)Nc3c(C)noc3C)CC2)n[nH]c1=O. The smallest absolute Gasteiger partial charge is 0.343 e. The van der Waals surface area contributed by atoms with Crippen molar-refractivity contribution in [1.82, 2.24) is 24.8 Å². The van der Waals surface area contributed by atoms with E-state index in [2.05, 4.69) is 20.7 Å². The minimum absolute atomic E-state index is 0.155. The van der Waals surface area contributed by atoms with Crippen LogP contribution in [-0.4, -0.2) is 43.9 Å². The molecule has 1 aliphatic heterocycles. The molecule has 0 aliphatic carbocycles. The highest BCUT2D eigenvalue weighted by molar-refractivity contribution is 5.90. The molecule has 2 N–H and O–H groups in total. The molecular formula is C15H22N6O3. The lowest BCUT2D eigenvalue weighted by Crippen LogP contribution is -2.41. The molecule has 0 radical (unpaired) electrons. The number of rotatable bonds is 3. The van der Waals surface area contributed by atoms with Gasteiger partial charge in [0.05, 0.1) is 0 Å². The quantitative estimate of drug-likeness (QED) is 0.886. The van der Waals surface area contributed by atoms with E-state index in [9.17, 15) is 9.59 Å². The van der Waals surface area contributed by atoms with Crippen molar-refractivity contribution in [3.05, 3.63) is 27.8 Å². The van der Waals surface area contributed by atoms with Gasteiger partial charge in [0, 0.05) is 25.6 Å². The second-order valence-electron chi connectivity index (χ2n) is 6.02. The van der Waals surface area contributed by atoms with Crippen molar-refractivity contribution in [2.45, 2.75) is 46.1 Å². The number of carbonyl (C=O) groups excluding carboxylic acids is 1. The summed E-state index contributed by atoms with van der Waals surface area (Å²) in [6, 6.07) is -0.155. The third kappa shape index (κ3) is 2.93. The highest BCUT2D eigenvalue weighted by Gasteiger charge is 2.28. The predicted molar refractivity (Wildman–Crippen MR) is 87.1 cm³/mol. The summed E-state index contributed by atoms with van der Waals surface area (Å²) in [6.45, 7) is 7.31. The van der Waals surface area contributed by atoms with Crippen LogP contribution >= 0.6 is 0 Å². The molecule has 0 aromatic carbocycles. The van der Waals surface area contributed by atoms with E-state index in [1.165, 1.54) is 0 Å². The number of H-pyrrole nitrogens is 1. The van der Waals surface area contributed by atoms with Crippen LogP contribution in [0, 0.1) is 13.8 Å². The number of anilines is 1. The van der Waals surface area contributed by atoms with E-state index in [0.29, 0.717) is 36.8 Å². The summed E-state index contributed by atoms with van der Waals surface area (Å²) >= 11 is 0. The molecule has 0 spiro atoms. The van der Waals surface area contributed by atoms with E-state index in [4.69, 9.17) is 4.52 Å². The normalized spacial score (nSPS) is 15.7. The Labute approximate surface area is 139 Å². The maximum Gasteiger partial charge on any atom is 0.343 e. The summed E-state index contributed by atoms with van der Waals surface area (Å²) in [6.07, 6.45) is 1.55. The van der Waals surface area contributed by atoms with Crippen LogP contribution in [0.1, 0.15) is 43.0 Å². The number of carbonyl (C=O) groups is 1. The van der Waals surface area contributed by atoms with Gasteiger partial charge in [-0.1, -0.05) is 5.16 Å². The maximum absolute atomic E-state index is 12.4. The number of nitrogens with one attached hydrogen (secondary N) is 2. The first kappa shape index (κ1) is 16.3. The third-order valence-electron chi connectivity index (χ3n) is 4.52. The fraction of sp³-hybridized carbons (Fsp3) is 0.600. The Balaban J connectivity index is 1.62. The zero-order chi connectivity index (χ0) is 17.3. The molecule has 130 valence electrons. The monoisotopic (exact) mass is 334 g/mol. The average molecular weight is 334 g/mol. The molecule has 24 heavy (non-hydrogen) atoms. The summed E-state index contributed by atoms with van der Waals surface area (Å²) in [7, 11) is 0. The highest BCUT2D eigenvalue weighted by atomic mass is 16.5. The summed E-state index contributed by atoms with van der Waals surface area (Å²) in [5.41, 5.74) is 1.12. The van der Waals surface area contributed by atoms with Crippen molar-refractivity contribution in [3.63, 3.8) is 0 Å². The van der Waals surface area contributed by atoms with Crippen molar-refractivity contribution in [2.24, 2.45) is 0 Å². The molecule has 9 nitrogen and oxygen atoms in total. The number of urea groups is 1. The van der Waals surface area contributed by atoms with Crippen LogP contribution in [0.5, 0.6) is 0 Å². The molecule has 9 heteroatoms. The van der Waals surface area contributed by atoms with Gasteiger partial charge in [0.15, 0.2) is 5.76 Å². The fourth-order valence-corrected chi connectivity index (χ4v) is 3.14. The largest absolute Gasteiger partial charge is 0.359 e. The van der Waals surface area contributed by atoms with Crippen molar-refractivity contribution >= 4 is 11.7 Å².